The Labute approximate surface area is 102 Å². The third-order valence-corrected chi connectivity index (χ3v) is 3.20. The van der Waals surface area contributed by atoms with Crippen LogP contribution in [0.15, 0.2) is 24.5 Å². The number of hydrogen-bond acceptors (Lipinski definition) is 3. The van der Waals surface area contributed by atoms with Gasteiger partial charge in [-0.1, -0.05) is 6.07 Å². The van der Waals surface area contributed by atoms with Crippen LogP contribution in [-0.2, 0) is 4.79 Å². The van der Waals surface area contributed by atoms with Gasteiger partial charge in [0.25, 0.3) is 0 Å². The average Bonchev–Trinajstić information content (AvgIpc) is 2.90. The minimum Gasteiger partial charge on any atom is -0.342 e. The molecule has 1 aliphatic rings. The highest BCUT2D eigenvalue weighted by atomic mass is 16.2. The van der Waals surface area contributed by atoms with Gasteiger partial charge in [0.05, 0.1) is 6.54 Å². The summed E-state index contributed by atoms with van der Waals surface area (Å²) in [6.07, 6.45) is 5.87. The van der Waals surface area contributed by atoms with E-state index in [1.807, 2.05) is 30.2 Å². The fourth-order valence-electron chi connectivity index (χ4n) is 2.07. The Kier molecular flexibility index (Phi) is 4.09. The first kappa shape index (κ1) is 12.0. The second kappa shape index (κ2) is 5.77. The van der Waals surface area contributed by atoms with E-state index >= 15 is 0 Å². The van der Waals surface area contributed by atoms with Crippen LogP contribution >= 0.6 is 0 Å². The monoisotopic (exact) mass is 233 g/mol. The lowest BCUT2D eigenvalue weighted by Gasteiger charge is -2.18. The summed E-state index contributed by atoms with van der Waals surface area (Å²) in [6.45, 7) is 4.30. The van der Waals surface area contributed by atoms with Crippen LogP contribution in [0.4, 0.5) is 0 Å². The topological polar surface area (TPSA) is 45.2 Å². The predicted octanol–water partition coefficient (Wildman–Crippen LogP) is 1.35. The van der Waals surface area contributed by atoms with E-state index in [1.165, 1.54) is 0 Å². The standard InChI is InChI=1S/C13H19N3O/c1-11(12-5-4-6-14-9-12)15-10-13(17)16-7-2-3-8-16/h4-6,9,11,15H,2-3,7-8,10H2,1H3/t11-/m1/s1. The molecule has 1 amide bonds. The first-order valence-corrected chi connectivity index (χ1v) is 6.18. The van der Waals surface area contributed by atoms with Gasteiger partial charge < -0.3 is 10.2 Å². The third kappa shape index (κ3) is 3.27. The summed E-state index contributed by atoms with van der Waals surface area (Å²) in [4.78, 5) is 17.8. The van der Waals surface area contributed by atoms with Crippen molar-refractivity contribution in [2.24, 2.45) is 0 Å². The molecule has 0 radical (unpaired) electrons. The molecule has 0 unspecified atom stereocenters. The maximum absolute atomic E-state index is 11.8. The predicted molar refractivity (Wildman–Crippen MR) is 66.5 cm³/mol. The van der Waals surface area contributed by atoms with Crippen LogP contribution in [-0.4, -0.2) is 35.4 Å². The van der Waals surface area contributed by atoms with Crippen molar-refractivity contribution >= 4 is 5.91 Å². The molecule has 1 saturated heterocycles. The highest BCUT2D eigenvalue weighted by Crippen LogP contribution is 2.10. The number of pyridine rings is 1. The van der Waals surface area contributed by atoms with Crippen LogP contribution in [0, 0.1) is 0 Å². The number of nitrogens with zero attached hydrogens (tertiary/aromatic N) is 2. The molecular formula is C13H19N3O. The molecule has 0 saturated carbocycles. The molecule has 1 atom stereocenters. The number of carbonyl (C=O) groups is 1. The van der Waals surface area contributed by atoms with Crippen molar-refractivity contribution in [1.29, 1.82) is 0 Å². The van der Waals surface area contributed by atoms with Crippen LogP contribution in [0.5, 0.6) is 0 Å². The first-order chi connectivity index (χ1) is 8.27. The highest BCUT2D eigenvalue weighted by Gasteiger charge is 2.18. The van der Waals surface area contributed by atoms with Gasteiger partial charge in [-0.25, -0.2) is 0 Å². The Bertz CT molecular complexity index is 360. The van der Waals surface area contributed by atoms with E-state index in [0.29, 0.717) is 6.54 Å². The zero-order chi connectivity index (χ0) is 12.1. The van der Waals surface area contributed by atoms with Crippen molar-refractivity contribution in [2.45, 2.75) is 25.8 Å². The summed E-state index contributed by atoms with van der Waals surface area (Å²) in [7, 11) is 0. The second-order valence-corrected chi connectivity index (χ2v) is 4.48. The first-order valence-electron chi connectivity index (χ1n) is 6.18. The van der Waals surface area contributed by atoms with Crippen molar-refractivity contribution in [3.8, 4) is 0 Å². The third-order valence-electron chi connectivity index (χ3n) is 3.20. The van der Waals surface area contributed by atoms with Gasteiger partial charge in [-0.3, -0.25) is 9.78 Å². The van der Waals surface area contributed by atoms with Gasteiger partial charge in [-0.05, 0) is 31.4 Å². The SMILES string of the molecule is C[C@@H](NCC(=O)N1CCCC1)c1cccnc1. The largest absolute Gasteiger partial charge is 0.342 e. The average molecular weight is 233 g/mol. The lowest BCUT2D eigenvalue weighted by Crippen LogP contribution is -2.37. The molecule has 0 aromatic carbocycles. The van der Waals surface area contributed by atoms with Crippen LogP contribution in [0.3, 0.4) is 0 Å². The second-order valence-electron chi connectivity index (χ2n) is 4.48. The number of aromatic nitrogens is 1. The van der Waals surface area contributed by atoms with Crippen molar-refractivity contribution in [1.82, 2.24) is 15.2 Å². The number of nitrogens with one attached hydrogen (secondary N) is 1. The Morgan fingerprint density at radius 1 is 1.53 bits per heavy atom. The summed E-state index contributed by atoms with van der Waals surface area (Å²) in [5.41, 5.74) is 1.11. The van der Waals surface area contributed by atoms with E-state index in [9.17, 15) is 4.79 Å². The summed E-state index contributed by atoms with van der Waals surface area (Å²) < 4.78 is 0. The Morgan fingerprint density at radius 3 is 2.94 bits per heavy atom. The van der Waals surface area contributed by atoms with E-state index in [-0.39, 0.29) is 11.9 Å². The number of hydrogen-bond donors (Lipinski definition) is 1. The quantitative estimate of drug-likeness (QED) is 0.854. The van der Waals surface area contributed by atoms with Crippen molar-refractivity contribution in [3.63, 3.8) is 0 Å². The molecule has 4 heteroatoms. The van der Waals surface area contributed by atoms with Gasteiger partial charge in [-0.15, -0.1) is 0 Å². The Hall–Kier alpha value is -1.42. The number of likely N-dealkylation sites (tertiary alicyclic amines) is 1. The summed E-state index contributed by atoms with van der Waals surface area (Å²) in [5, 5.41) is 3.24. The molecule has 2 rings (SSSR count). The molecule has 1 aromatic heterocycles. The Balaban J connectivity index is 1.80. The van der Waals surface area contributed by atoms with Gasteiger partial charge in [0.1, 0.15) is 0 Å². The number of amides is 1. The lowest BCUT2D eigenvalue weighted by atomic mass is 10.1. The molecule has 92 valence electrons. The highest BCUT2D eigenvalue weighted by molar-refractivity contribution is 5.78. The number of carbonyl (C=O) groups excluding carboxylic acids is 1. The van der Waals surface area contributed by atoms with Gasteiger partial charge in [-0.2, -0.15) is 0 Å². The lowest BCUT2D eigenvalue weighted by molar-refractivity contribution is -0.129. The maximum Gasteiger partial charge on any atom is 0.236 e. The minimum atomic E-state index is 0.162. The van der Waals surface area contributed by atoms with Crippen LogP contribution in [0.1, 0.15) is 31.4 Å². The van der Waals surface area contributed by atoms with Crippen molar-refractivity contribution in [3.05, 3.63) is 30.1 Å². The van der Waals surface area contributed by atoms with E-state index < -0.39 is 0 Å². The van der Waals surface area contributed by atoms with E-state index in [0.717, 1.165) is 31.5 Å². The Morgan fingerprint density at radius 2 is 2.29 bits per heavy atom. The van der Waals surface area contributed by atoms with Crippen LogP contribution in [0.25, 0.3) is 0 Å². The molecule has 4 nitrogen and oxygen atoms in total. The minimum absolute atomic E-state index is 0.162. The molecule has 1 N–H and O–H groups in total. The van der Waals surface area contributed by atoms with Gasteiger partial charge >= 0.3 is 0 Å². The summed E-state index contributed by atoms with van der Waals surface area (Å²) in [6, 6.07) is 4.09. The fourth-order valence-corrected chi connectivity index (χ4v) is 2.07. The molecule has 0 aliphatic carbocycles. The van der Waals surface area contributed by atoms with Gasteiger partial charge in [0.2, 0.25) is 5.91 Å². The van der Waals surface area contributed by atoms with Gasteiger partial charge in [0, 0.05) is 31.5 Å². The summed E-state index contributed by atoms with van der Waals surface area (Å²) >= 11 is 0. The molecule has 1 aliphatic heterocycles. The molecule has 0 spiro atoms. The fraction of sp³-hybridized carbons (Fsp3) is 0.538. The maximum atomic E-state index is 11.8. The van der Waals surface area contributed by atoms with E-state index in [2.05, 4.69) is 10.3 Å². The molecule has 1 aromatic rings. The normalized spacial score (nSPS) is 17.1. The molecule has 0 bridgehead atoms. The van der Waals surface area contributed by atoms with Crippen LogP contribution < -0.4 is 5.32 Å². The molecule has 2 heterocycles. The van der Waals surface area contributed by atoms with Gasteiger partial charge in [0.15, 0.2) is 0 Å². The smallest absolute Gasteiger partial charge is 0.236 e. The zero-order valence-electron chi connectivity index (χ0n) is 10.2. The number of rotatable bonds is 4. The van der Waals surface area contributed by atoms with E-state index in [1.54, 1.807) is 6.20 Å². The molecular weight excluding hydrogens is 214 g/mol. The van der Waals surface area contributed by atoms with Crippen molar-refractivity contribution < 1.29 is 4.79 Å². The molecule has 17 heavy (non-hydrogen) atoms. The van der Waals surface area contributed by atoms with Crippen molar-refractivity contribution in [2.75, 3.05) is 19.6 Å². The summed E-state index contributed by atoms with van der Waals surface area (Å²) in [5.74, 6) is 0.207. The van der Waals surface area contributed by atoms with Crippen LogP contribution in [0.2, 0.25) is 0 Å². The molecule has 1 fully saturated rings. The van der Waals surface area contributed by atoms with E-state index in [4.69, 9.17) is 0 Å². The zero-order valence-corrected chi connectivity index (χ0v) is 10.2.